The van der Waals surface area contributed by atoms with Crippen molar-refractivity contribution in [2.75, 3.05) is 19.8 Å². The van der Waals surface area contributed by atoms with Crippen LogP contribution in [0.1, 0.15) is 36.5 Å². The standard InChI is InChI=1S/C16H21ClO3/c1-11-2-3-13(14(17)8-11)15(18)12-4-6-20-16(9-12)5-7-19-10-16/h2-3,8,12,15,18H,4-7,9-10H2,1H3. The number of aryl methyl sites for hydroxylation is 1. The Bertz CT molecular complexity index is 483. The zero-order chi connectivity index (χ0) is 14.2. The van der Waals surface area contributed by atoms with Gasteiger partial charge in [0.1, 0.15) is 0 Å². The van der Waals surface area contributed by atoms with E-state index in [1.807, 2.05) is 25.1 Å². The average molecular weight is 297 g/mol. The van der Waals surface area contributed by atoms with Crippen LogP contribution in [0.15, 0.2) is 18.2 Å². The van der Waals surface area contributed by atoms with Crippen molar-refractivity contribution >= 4 is 11.6 Å². The van der Waals surface area contributed by atoms with E-state index in [9.17, 15) is 5.11 Å². The van der Waals surface area contributed by atoms with Gasteiger partial charge in [-0.05, 0) is 42.9 Å². The predicted molar refractivity (Wildman–Crippen MR) is 78.0 cm³/mol. The fraction of sp³-hybridized carbons (Fsp3) is 0.625. The minimum Gasteiger partial charge on any atom is -0.388 e. The smallest absolute Gasteiger partial charge is 0.0940 e. The van der Waals surface area contributed by atoms with Gasteiger partial charge in [-0.3, -0.25) is 0 Å². The van der Waals surface area contributed by atoms with Gasteiger partial charge >= 0.3 is 0 Å². The first-order valence-corrected chi connectivity index (χ1v) is 7.63. The summed E-state index contributed by atoms with van der Waals surface area (Å²) in [5.74, 6) is 0.186. The molecule has 3 unspecified atom stereocenters. The van der Waals surface area contributed by atoms with E-state index in [0.717, 1.165) is 37.0 Å². The van der Waals surface area contributed by atoms with E-state index in [4.69, 9.17) is 21.1 Å². The van der Waals surface area contributed by atoms with Crippen molar-refractivity contribution in [2.24, 2.45) is 5.92 Å². The molecule has 1 spiro atoms. The van der Waals surface area contributed by atoms with E-state index >= 15 is 0 Å². The van der Waals surface area contributed by atoms with Gasteiger partial charge in [0, 0.05) is 24.7 Å². The number of aliphatic hydroxyl groups is 1. The van der Waals surface area contributed by atoms with Gasteiger partial charge in [0.05, 0.1) is 18.3 Å². The summed E-state index contributed by atoms with van der Waals surface area (Å²) in [6, 6.07) is 5.85. The summed E-state index contributed by atoms with van der Waals surface area (Å²) in [4.78, 5) is 0. The first kappa shape index (κ1) is 14.3. The molecule has 1 aromatic rings. The highest BCUT2D eigenvalue weighted by atomic mass is 35.5. The van der Waals surface area contributed by atoms with Gasteiger partial charge in [-0.15, -0.1) is 0 Å². The highest BCUT2D eigenvalue weighted by Crippen LogP contribution is 2.42. The largest absolute Gasteiger partial charge is 0.388 e. The van der Waals surface area contributed by atoms with Crippen molar-refractivity contribution in [2.45, 2.75) is 37.9 Å². The maximum absolute atomic E-state index is 10.7. The lowest BCUT2D eigenvalue weighted by Crippen LogP contribution is -2.41. The summed E-state index contributed by atoms with van der Waals surface area (Å²) in [6.07, 6.45) is 2.12. The molecule has 2 heterocycles. The summed E-state index contributed by atoms with van der Waals surface area (Å²) >= 11 is 6.28. The van der Waals surface area contributed by atoms with Gasteiger partial charge in [0.15, 0.2) is 0 Å². The first-order valence-electron chi connectivity index (χ1n) is 7.25. The van der Waals surface area contributed by atoms with Crippen LogP contribution in [0.2, 0.25) is 5.02 Å². The van der Waals surface area contributed by atoms with Gasteiger partial charge in [-0.25, -0.2) is 0 Å². The average Bonchev–Trinajstić information content (AvgIpc) is 2.86. The summed E-state index contributed by atoms with van der Waals surface area (Å²) in [6.45, 7) is 4.10. The van der Waals surface area contributed by atoms with Crippen LogP contribution in [0.5, 0.6) is 0 Å². The monoisotopic (exact) mass is 296 g/mol. The second-order valence-electron chi connectivity index (χ2n) is 6.06. The molecule has 0 aromatic heterocycles. The Hall–Kier alpha value is -0.610. The molecule has 4 heteroatoms. The van der Waals surface area contributed by atoms with Crippen LogP contribution in [-0.4, -0.2) is 30.5 Å². The number of hydrogen-bond acceptors (Lipinski definition) is 3. The molecule has 3 rings (SSSR count). The Balaban J connectivity index is 1.77. The van der Waals surface area contributed by atoms with Crippen LogP contribution >= 0.6 is 11.6 Å². The van der Waals surface area contributed by atoms with Crippen molar-refractivity contribution in [1.29, 1.82) is 0 Å². The van der Waals surface area contributed by atoms with Crippen LogP contribution in [0.25, 0.3) is 0 Å². The number of hydrogen-bond donors (Lipinski definition) is 1. The molecule has 0 aliphatic carbocycles. The molecule has 1 aromatic carbocycles. The molecular formula is C16H21ClO3. The molecule has 2 aliphatic rings. The lowest BCUT2D eigenvalue weighted by Gasteiger charge is -2.39. The molecule has 0 bridgehead atoms. The van der Waals surface area contributed by atoms with Crippen molar-refractivity contribution in [3.05, 3.63) is 34.3 Å². The van der Waals surface area contributed by atoms with Crippen LogP contribution < -0.4 is 0 Å². The Morgan fingerprint density at radius 3 is 2.95 bits per heavy atom. The molecule has 2 fully saturated rings. The SMILES string of the molecule is Cc1ccc(C(O)C2CCOC3(CCOC3)C2)c(Cl)c1. The predicted octanol–water partition coefficient (Wildman–Crippen LogP) is 3.27. The van der Waals surface area contributed by atoms with Crippen LogP contribution in [0.3, 0.4) is 0 Å². The minimum absolute atomic E-state index is 0.179. The Morgan fingerprint density at radius 1 is 1.40 bits per heavy atom. The van der Waals surface area contributed by atoms with E-state index in [1.165, 1.54) is 0 Å². The summed E-state index contributed by atoms with van der Waals surface area (Å²) < 4.78 is 11.4. The lowest BCUT2D eigenvalue weighted by atomic mass is 9.80. The quantitative estimate of drug-likeness (QED) is 0.910. The topological polar surface area (TPSA) is 38.7 Å². The molecule has 2 aliphatic heterocycles. The molecule has 110 valence electrons. The van der Waals surface area contributed by atoms with Gasteiger partial charge in [0.25, 0.3) is 0 Å². The van der Waals surface area contributed by atoms with Crippen molar-refractivity contribution in [1.82, 2.24) is 0 Å². The Labute approximate surface area is 124 Å². The van der Waals surface area contributed by atoms with Crippen molar-refractivity contribution in [3.63, 3.8) is 0 Å². The van der Waals surface area contributed by atoms with Gasteiger partial charge in [-0.1, -0.05) is 23.7 Å². The molecule has 0 saturated carbocycles. The zero-order valence-corrected chi connectivity index (χ0v) is 12.5. The fourth-order valence-electron chi connectivity index (χ4n) is 3.32. The number of aliphatic hydroxyl groups excluding tert-OH is 1. The van der Waals surface area contributed by atoms with E-state index in [2.05, 4.69) is 0 Å². The molecule has 3 atom stereocenters. The van der Waals surface area contributed by atoms with Gasteiger partial charge in [0.2, 0.25) is 0 Å². The molecule has 0 amide bonds. The third-order valence-corrected chi connectivity index (χ3v) is 4.85. The van der Waals surface area contributed by atoms with Crippen LogP contribution in [0, 0.1) is 12.8 Å². The first-order chi connectivity index (χ1) is 9.60. The van der Waals surface area contributed by atoms with E-state index in [1.54, 1.807) is 0 Å². The summed E-state index contributed by atoms with van der Waals surface area (Å²) in [7, 11) is 0. The van der Waals surface area contributed by atoms with Gasteiger partial charge < -0.3 is 14.6 Å². The molecule has 3 nitrogen and oxygen atoms in total. The maximum atomic E-state index is 10.7. The fourth-order valence-corrected chi connectivity index (χ4v) is 3.67. The summed E-state index contributed by atoms with van der Waals surface area (Å²) in [5.41, 5.74) is 1.76. The minimum atomic E-state index is -0.524. The normalized spacial score (nSPS) is 31.6. The van der Waals surface area contributed by atoms with E-state index in [-0.39, 0.29) is 11.5 Å². The number of rotatable bonds is 2. The van der Waals surface area contributed by atoms with Crippen molar-refractivity contribution < 1.29 is 14.6 Å². The highest BCUT2D eigenvalue weighted by Gasteiger charge is 2.43. The van der Waals surface area contributed by atoms with Crippen molar-refractivity contribution in [3.8, 4) is 0 Å². The van der Waals surface area contributed by atoms with Gasteiger partial charge in [-0.2, -0.15) is 0 Å². The second kappa shape index (κ2) is 5.64. The second-order valence-corrected chi connectivity index (χ2v) is 6.46. The molecular weight excluding hydrogens is 276 g/mol. The third kappa shape index (κ3) is 2.73. The van der Waals surface area contributed by atoms with Crippen LogP contribution in [0.4, 0.5) is 0 Å². The molecule has 2 saturated heterocycles. The Kier molecular flexibility index (Phi) is 4.04. The maximum Gasteiger partial charge on any atom is 0.0940 e. The third-order valence-electron chi connectivity index (χ3n) is 4.52. The molecule has 1 N–H and O–H groups in total. The lowest BCUT2D eigenvalue weighted by molar-refractivity contribution is -0.117. The number of halogens is 1. The number of ether oxygens (including phenoxy) is 2. The van der Waals surface area contributed by atoms with E-state index in [0.29, 0.717) is 18.2 Å². The zero-order valence-electron chi connectivity index (χ0n) is 11.8. The van der Waals surface area contributed by atoms with Crippen LogP contribution in [-0.2, 0) is 9.47 Å². The Morgan fingerprint density at radius 2 is 2.25 bits per heavy atom. The highest BCUT2D eigenvalue weighted by molar-refractivity contribution is 6.31. The summed E-state index contributed by atoms with van der Waals surface area (Å²) in [5, 5.41) is 11.3. The van der Waals surface area contributed by atoms with E-state index < -0.39 is 6.10 Å². The molecule has 20 heavy (non-hydrogen) atoms. The molecule has 0 radical (unpaired) electrons. The number of benzene rings is 1.